The van der Waals surface area contributed by atoms with E-state index >= 15 is 0 Å². The molecule has 1 aromatic carbocycles. The van der Waals surface area contributed by atoms with Gasteiger partial charge in [-0.3, -0.25) is 5.43 Å². The van der Waals surface area contributed by atoms with E-state index < -0.39 is 0 Å². The molecule has 2 atom stereocenters. The molecule has 4 rings (SSSR count). The molecule has 5 nitrogen and oxygen atoms in total. The Morgan fingerprint density at radius 2 is 2.17 bits per heavy atom. The Labute approximate surface area is 135 Å². The summed E-state index contributed by atoms with van der Waals surface area (Å²) in [5, 5.41) is 1.15. The molecule has 1 fully saturated rings. The van der Waals surface area contributed by atoms with Crippen LogP contribution in [0.4, 0.5) is 0 Å². The molecule has 3 aromatic rings. The molecule has 2 N–H and O–H groups in total. The first-order valence-corrected chi connectivity index (χ1v) is 7.96. The fourth-order valence-corrected chi connectivity index (χ4v) is 3.32. The molecule has 2 unspecified atom stereocenters. The van der Waals surface area contributed by atoms with Gasteiger partial charge in [-0.15, -0.1) is 0 Å². The smallest absolute Gasteiger partial charge is 0.134 e. The van der Waals surface area contributed by atoms with Gasteiger partial charge in [-0.1, -0.05) is 18.2 Å². The maximum atomic E-state index is 6.03. The van der Waals surface area contributed by atoms with Crippen LogP contribution in [0.2, 0.25) is 0 Å². The molecule has 0 spiro atoms. The number of benzene rings is 1. The van der Waals surface area contributed by atoms with Crippen molar-refractivity contribution in [3.63, 3.8) is 0 Å². The van der Waals surface area contributed by atoms with Crippen LogP contribution < -0.4 is 10.9 Å². The van der Waals surface area contributed by atoms with E-state index in [1.54, 1.807) is 12.5 Å². The molecular formula is C18H21N3O2. The highest BCUT2D eigenvalue weighted by Crippen LogP contribution is 2.30. The molecule has 1 saturated heterocycles. The lowest BCUT2D eigenvalue weighted by molar-refractivity contribution is 0.252. The Morgan fingerprint density at radius 1 is 1.26 bits per heavy atom. The molecule has 0 amide bonds. The summed E-state index contributed by atoms with van der Waals surface area (Å²) in [6.45, 7) is 2.80. The number of hydrogen-bond donors (Lipinski definition) is 2. The molecule has 5 heteroatoms. The SMILES string of the molecule is CN(Cc1ccoc1)CC1CNNC1c1cc2ccccc2o1. The van der Waals surface area contributed by atoms with Gasteiger partial charge in [0.25, 0.3) is 0 Å². The summed E-state index contributed by atoms with van der Waals surface area (Å²) in [5.74, 6) is 1.45. The number of hydrogen-bond acceptors (Lipinski definition) is 5. The minimum atomic E-state index is 0.189. The van der Waals surface area contributed by atoms with Crippen molar-refractivity contribution in [1.82, 2.24) is 15.8 Å². The van der Waals surface area contributed by atoms with Crippen LogP contribution in [-0.2, 0) is 6.54 Å². The second-order valence-corrected chi connectivity index (χ2v) is 6.28. The minimum absolute atomic E-state index is 0.189. The maximum absolute atomic E-state index is 6.03. The van der Waals surface area contributed by atoms with Gasteiger partial charge in [0, 0.05) is 36.5 Å². The monoisotopic (exact) mass is 311 g/mol. The van der Waals surface area contributed by atoms with E-state index in [1.165, 1.54) is 5.56 Å². The van der Waals surface area contributed by atoms with E-state index in [4.69, 9.17) is 8.83 Å². The van der Waals surface area contributed by atoms with Crippen LogP contribution in [0.3, 0.4) is 0 Å². The van der Waals surface area contributed by atoms with Crippen molar-refractivity contribution in [3.8, 4) is 0 Å². The molecule has 2 aromatic heterocycles. The largest absolute Gasteiger partial charge is 0.472 e. The van der Waals surface area contributed by atoms with Crippen LogP contribution in [-0.4, -0.2) is 25.0 Å². The van der Waals surface area contributed by atoms with Crippen molar-refractivity contribution in [2.45, 2.75) is 12.6 Å². The van der Waals surface area contributed by atoms with Crippen molar-refractivity contribution < 1.29 is 8.83 Å². The van der Waals surface area contributed by atoms with Crippen molar-refractivity contribution >= 4 is 11.0 Å². The number of nitrogens with zero attached hydrogens (tertiary/aromatic N) is 1. The van der Waals surface area contributed by atoms with Crippen LogP contribution >= 0.6 is 0 Å². The van der Waals surface area contributed by atoms with Gasteiger partial charge in [-0.05, 0) is 25.2 Å². The average molecular weight is 311 g/mol. The molecular weight excluding hydrogens is 290 g/mol. The van der Waals surface area contributed by atoms with E-state index in [-0.39, 0.29) is 6.04 Å². The van der Waals surface area contributed by atoms with E-state index in [0.29, 0.717) is 5.92 Å². The lowest BCUT2D eigenvalue weighted by Gasteiger charge is -2.23. The molecule has 1 aliphatic rings. The van der Waals surface area contributed by atoms with Crippen LogP contribution in [0.1, 0.15) is 17.4 Å². The molecule has 0 saturated carbocycles. The number of nitrogens with one attached hydrogen (secondary N) is 2. The predicted molar refractivity (Wildman–Crippen MR) is 88.6 cm³/mol. The molecule has 1 aliphatic heterocycles. The molecule has 0 aliphatic carbocycles. The van der Waals surface area contributed by atoms with Gasteiger partial charge in [0.2, 0.25) is 0 Å². The summed E-state index contributed by atoms with van der Waals surface area (Å²) >= 11 is 0. The van der Waals surface area contributed by atoms with Crippen LogP contribution in [0.15, 0.2) is 57.8 Å². The van der Waals surface area contributed by atoms with Gasteiger partial charge in [0.1, 0.15) is 11.3 Å². The highest BCUT2D eigenvalue weighted by Gasteiger charge is 2.31. The molecule has 23 heavy (non-hydrogen) atoms. The van der Waals surface area contributed by atoms with E-state index in [1.807, 2.05) is 24.3 Å². The molecule has 3 heterocycles. The first-order valence-electron chi connectivity index (χ1n) is 7.96. The summed E-state index contributed by atoms with van der Waals surface area (Å²) in [4.78, 5) is 2.32. The Kier molecular flexibility index (Phi) is 3.91. The van der Waals surface area contributed by atoms with Gasteiger partial charge in [-0.25, -0.2) is 5.43 Å². The Balaban J connectivity index is 1.47. The van der Waals surface area contributed by atoms with E-state index in [2.05, 4.69) is 34.9 Å². The zero-order valence-electron chi connectivity index (χ0n) is 13.2. The summed E-state index contributed by atoms with van der Waals surface area (Å²) in [6.07, 6.45) is 3.53. The number of furan rings is 2. The molecule has 0 bridgehead atoms. The number of hydrazine groups is 1. The maximum Gasteiger partial charge on any atom is 0.134 e. The summed E-state index contributed by atoms with van der Waals surface area (Å²) in [5.41, 5.74) is 8.78. The zero-order chi connectivity index (χ0) is 15.6. The summed E-state index contributed by atoms with van der Waals surface area (Å²) in [7, 11) is 2.14. The third-order valence-electron chi connectivity index (χ3n) is 4.42. The van der Waals surface area contributed by atoms with E-state index in [9.17, 15) is 0 Å². The molecule has 120 valence electrons. The van der Waals surface area contributed by atoms with Crippen molar-refractivity contribution in [1.29, 1.82) is 0 Å². The zero-order valence-corrected chi connectivity index (χ0v) is 13.2. The quantitative estimate of drug-likeness (QED) is 0.759. The highest BCUT2D eigenvalue weighted by atomic mass is 16.3. The number of fused-ring (bicyclic) bond motifs is 1. The van der Waals surface area contributed by atoms with Gasteiger partial charge >= 0.3 is 0 Å². The van der Waals surface area contributed by atoms with Crippen LogP contribution in [0, 0.1) is 5.92 Å². The first kappa shape index (κ1) is 14.5. The first-order chi connectivity index (χ1) is 11.3. The number of para-hydroxylation sites is 1. The standard InChI is InChI=1S/C18H21N3O2/c1-21(10-13-6-7-22-12-13)11-15-9-19-20-18(15)17-8-14-4-2-3-5-16(14)23-17/h2-8,12,15,18-20H,9-11H2,1H3. The average Bonchev–Trinajstić information content (AvgIpc) is 3.26. The summed E-state index contributed by atoms with van der Waals surface area (Å²) < 4.78 is 11.2. The van der Waals surface area contributed by atoms with Crippen molar-refractivity contribution in [3.05, 3.63) is 60.2 Å². The van der Waals surface area contributed by atoms with E-state index in [0.717, 1.165) is 36.4 Å². The topological polar surface area (TPSA) is 53.6 Å². The Bertz CT molecular complexity index is 733. The van der Waals surface area contributed by atoms with Crippen molar-refractivity contribution in [2.75, 3.05) is 20.1 Å². The van der Waals surface area contributed by atoms with Crippen molar-refractivity contribution in [2.24, 2.45) is 5.92 Å². The Hall–Kier alpha value is -2.08. The second kappa shape index (κ2) is 6.20. The number of rotatable bonds is 5. The van der Waals surface area contributed by atoms with Gasteiger partial charge < -0.3 is 13.7 Å². The fraction of sp³-hybridized carbons (Fsp3) is 0.333. The van der Waals surface area contributed by atoms with Crippen LogP contribution in [0.25, 0.3) is 11.0 Å². The second-order valence-electron chi connectivity index (χ2n) is 6.28. The fourth-order valence-electron chi connectivity index (χ4n) is 3.32. The molecule has 0 radical (unpaired) electrons. The predicted octanol–water partition coefficient (Wildman–Crippen LogP) is 2.92. The highest BCUT2D eigenvalue weighted by molar-refractivity contribution is 5.77. The lowest BCUT2D eigenvalue weighted by Crippen LogP contribution is -2.29. The third-order valence-corrected chi connectivity index (χ3v) is 4.42. The lowest BCUT2D eigenvalue weighted by atomic mass is 9.99. The van der Waals surface area contributed by atoms with Gasteiger partial charge in [-0.2, -0.15) is 0 Å². The Morgan fingerprint density at radius 3 is 3.00 bits per heavy atom. The minimum Gasteiger partial charge on any atom is -0.472 e. The summed E-state index contributed by atoms with van der Waals surface area (Å²) in [6, 6.07) is 12.5. The van der Waals surface area contributed by atoms with Crippen LogP contribution in [0.5, 0.6) is 0 Å². The van der Waals surface area contributed by atoms with Gasteiger partial charge in [0.05, 0.1) is 18.6 Å². The normalized spacial score (nSPS) is 21.5. The van der Waals surface area contributed by atoms with Gasteiger partial charge in [0.15, 0.2) is 0 Å². The third kappa shape index (κ3) is 3.03.